The average molecular weight is 333 g/mol. The number of nitrogens with zero attached hydrogens (tertiary/aromatic N) is 4. The van der Waals surface area contributed by atoms with Crippen LogP contribution in [0.2, 0.25) is 0 Å². The van der Waals surface area contributed by atoms with Crippen molar-refractivity contribution >= 4 is 16.9 Å². The van der Waals surface area contributed by atoms with Crippen LogP contribution in [0, 0.1) is 0 Å². The first-order valence-electron chi connectivity index (χ1n) is 8.63. The monoisotopic (exact) mass is 333 g/mol. The smallest absolute Gasteiger partial charge is 0.314 e. The van der Waals surface area contributed by atoms with Crippen molar-refractivity contribution in [3.63, 3.8) is 0 Å². The molecule has 6 nitrogen and oxygen atoms in total. The molecule has 2 amide bonds. The third-order valence-corrected chi connectivity index (χ3v) is 5.68. The third kappa shape index (κ3) is 2.13. The van der Waals surface area contributed by atoms with Crippen molar-refractivity contribution < 1.29 is 4.79 Å². The number of urea groups is 1. The number of pyridine rings is 1. The fraction of sp³-hybridized carbons (Fsp3) is 0.316. The highest BCUT2D eigenvalue weighted by Gasteiger charge is 2.46. The topological polar surface area (TPSA) is 77.0 Å². The van der Waals surface area contributed by atoms with Crippen molar-refractivity contribution in [2.75, 3.05) is 13.1 Å². The van der Waals surface area contributed by atoms with Crippen LogP contribution in [-0.4, -0.2) is 38.8 Å². The Morgan fingerprint density at radius 1 is 1.16 bits per heavy atom. The molecule has 1 aromatic carbocycles. The summed E-state index contributed by atoms with van der Waals surface area (Å²) >= 11 is 0. The number of para-hydroxylation sites is 1. The summed E-state index contributed by atoms with van der Waals surface area (Å²) in [5, 5.41) is 5.91. The Morgan fingerprint density at radius 3 is 2.84 bits per heavy atom. The Kier molecular flexibility index (Phi) is 2.92. The zero-order chi connectivity index (χ0) is 17.0. The van der Waals surface area contributed by atoms with Gasteiger partial charge >= 0.3 is 6.03 Å². The van der Waals surface area contributed by atoms with Gasteiger partial charge in [0.05, 0.1) is 11.2 Å². The lowest BCUT2D eigenvalue weighted by Gasteiger charge is -2.22. The molecule has 2 aliphatic heterocycles. The lowest BCUT2D eigenvalue weighted by Crippen LogP contribution is -2.36. The summed E-state index contributed by atoms with van der Waals surface area (Å²) in [6.45, 7) is 2.32. The van der Waals surface area contributed by atoms with E-state index in [1.165, 1.54) is 5.69 Å². The number of benzene rings is 1. The SMILES string of the molecule is NC(=O)N1CCC2(CCn3nc(-c4cnc5ccccc5c4)cc32)C1. The van der Waals surface area contributed by atoms with Gasteiger partial charge in [-0.05, 0) is 31.0 Å². The van der Waals surface area contributed by atoms with E-state index in [0.717, 1.165) is 48.1 Å². The van der Waals surface area contributed by atoms with Gasteiger partial charge in [-0.3, -0.25) is 9.67 Å². The minimum Gasteiger partial charge on any atom is -0.351 e. The number of aromatic nitrogens is 3. The first kappa shape index (κ1) is 14.5. The van der Waals surface area contributed by atoms with Gasteiger partial charge in [-0.25, -0.2) is 4.79 Å². The number of carbonyl (C=O) groups excluding carboxylic acids is 1. The van der Waals surface area contributed by atoms with Crippen molar-refractivity contribution in [3.05, 3.63) is 48.3 Å². The maximum absolute atomic E-state index is 11.5. The molecular formula is C19H19N5O. The summed E-state index contributed by atoms with van der Waals surface area (Å²) in [4.78, 5) is 17.8. The van der Waals surface area contributed by atoms with Crippen molar-refractivity contribution in [1.82, 2.24) is 19.7 Å². The number of primary amides is 1. The van der Waals surface area contributed by atoms with Crippen LogP contribution in [0.3, 0.4) is 0 Å². The lowest BCUT2D eigenvalue weighted by molar-refractivity contribution is 0.215. The molecule has 0 saturated carbocycles. The van der Waals surface area contributed by atoms with E-state index >= 15 is 0 Å². The maximum Gasteiger partial charge on any atom is 0.314 e. The van der Waals surface area contributed by atoms with Crippen molar-refractivity contribution in [2.45, 2.75) is 24.8 Å². The van der Waals surface area contributed by atoms with E-state index in [-0.39, 0.29) is 11.4 Å². The summed E-state index contributed by atoms with van der Waals surface area (Å²) in [6, 6.07) is 12.1. The minimum absolute atomic E-state index is 0.00452. The van der Waals surface area contributed by atoms with E-state index in [9.17, 15) is 4.79 Å². The van der Waals surface area contributed by atoms with Gasteiger partial charge in [-0.1, -0.05) is 18.2 Å². The van der Waals surface area contributed by atoms with Gasteiger partial charge in [0.1, 0.15) is 0 Å². The summed E-state index contributed by atoms with van der Waals surface area (Å²) in [5.74, 6) is 0. The van der Waals surface area contributed by atoms with Crippen LogP contribution in [0.25, 0.3) is 22.2 Å². The number of fused-ring (bicyclic) bond motifs is 3. The molecule has 126 valence electrons. The predicted molar refractivity (Wildman–Crippen MR) is 95.0 cm³/mol. The number of likely N-dealkylation sites (tertiary alicyclic amines) is 1. The van der Waals surface area contributed by atoms with Crippen LogP contribution < -0.4 is 5.73 Å². The molecule has 3 aromatic rings. The van der Waals surface area contributed by atoms with E-state index in [2.05, 4.69) is 27.9 Å². The Labute approximate surface area is 145 Å². The number of carbonyl (C=O) groups is 1. The zero-order valence-electron chi connectivity index (χ0n) is 13.9. The molecule has 25 heavy (non-hydrogen) atoms. The first-order chi connectivity index (χ1) is 12.1. The molecule has 1 atom stereocenters. The van der Waals surface area contributed by atoms with Gasteiger partial charge in [0.15, 0.2) is 0 Å². The highest BCUT2D eigenvalue weighted by Crippen LogP contribution is 2.43. The van der Waals surface area contributed by atoms with Gasteiger partial charge in [0, 0.05) is 47.9 Å². The Balaban J connectivity index is 1.53. The summed E-state index contributed by atoms with van der Waals surface area (Å²) < 4.78 is 2.09. The number of amides is 2. The van der Waals surface area contributed by atoms with E-state index in [1.54, 1.807) is 4.90 Å². The molecule has 2 N–H and O–H groups in total. The highest BCUT2D eigenvalue weighted by molar-refractivity contribution is 5.82. The maximum atomic E-state index is 11.5. The van der Waals surface area contributed by atoms with Crippen LogP contribution in [0.5, 0.6) is 0 Å². The number of rotatable bonds is 1. The van der Waals surface area contributed by atoms with Crippen molar-refractivity contribution in [3.8, 4) is 11.3 Å². The van der Waals surface area contributed by atoms with Crippen LogP contribution in [0.15, 0.2) is 42.6 Å². The summed E-state index contributed by atoms with van der Waals surface area (Å²) in [6.07, 6.45) is 3.86. The highest BCUT2D eigenvalue weighted by atomic mass is 16.2. The fourth-order valence-corrected chi connectivity index (χ4v) is 4.29. The molecule has 1 saturated heterocycles. The molecule has 0 aliphatic carbocycles. The van der Waals surface area contributed by atoms with E-state index in [4.69, 9.17) is 10.8 Å². The molecule has 1 fully saturated rings. The van der Waals surface area contributed by atoms with E-state index in [0.29, 0.717) is 6.54 Å². The molecule has 0 radical (unpaired) electrons. The molecule has 2 aromatic heterocycles. The van der Waals surface area contributed by atoms with Crippen LogP contribution in [-0.2, 0) is 12.0 Å². The third-order valence-electron chi connectivity index (χ3n) is 5.68. The first-order valence-corrected chi connectivity index (χ1v) is 8.63. The van der Waals surface area contributed by atoms with Gasteiger partial charge in [0.25, 0.3) is 0 Å². The molecule has 5 rings (SSSR count). The van der Waals surface area contributed by atoms with Gasteiger partial charge < -0.3 is 10.6 Å². The Hall–Kier alpha value is -2.89. The molecule has 1 spiro atoms. The zero-order valence-corrected chi connectivity index (χ0v) is 13.9. The largest absolute Gasteiger partial charge is 0.351 e. The van der Waals surface area contributed by atoms with Gasteiger partial charge in [-0.2, -0.15) is 5.10 Å². The van der Waals surface area contributed by atoms with E-state index < -0.39 is 0 Å². The van der Waals surface area contributed by atoms with Gasteiger partial charge in [-0.15, -0.1) is 0 Å². The second-order valence-corrected chi connectivity index (χ2v) is 7.09. The molecule has 6 heteroatoms. The molecule has 0 bridgehead atoms. The second kappa shape index (κ2) is 5.05. The predicted octanol–water partition coefficient (Wildman–Crippen LogP) is 2.52. The minimum atomic E-state index is -0.325. The average Bonchev–Trinajstić information content (AvgIpc) is 3.32. The van der Waals surface area contributed by atoms with Crippen molar-refractivity contribution in [2.24, 2.45) is 5.73 Å². The number of hydrogen-bond donors (Lipinski definition) is 1. The van der Waals surface area contributed by atoms with Crippen LogP contribution in [0.1, 0.15) is 18.5 Å². The molecular weight excluding hydrogens is 314 g/mol. The Morgan fingerprint density at radius 2 is 2.00 bits per heavy atom. The molecule has 4 heterocycles. The van der Waals surface area contributed by atoms with Gasteiger partial charge in [0.2, 0.25) is 0 Å². The molecule has 1 unspecified atom stereocenters. The number of aryl methyl sites for hydroxylation is 1. The van der Waals surface area contributed by atoms with Crippen LogP contribution >= 0.6 is 0 Å². The Bertz CT molecular complexity index is 994. The quantitative estimate of drug-likeness (QED) is 0.743. The number of nitrogens with two attached hydrogens (primary N) is 1. The summed E-state index contributed by atoms with van der Waals surface area (Å²) in [5.41, 5.74) is 9.67. The standard InChI is InChI=1S/C19H19N5O/c20-18(25)23-7-5-19(12-23)6-8-24-17(19)10-16(22-24)14-9-13-3-1-2-4-15(13)21-11-14/h1-4,9-11H,5-8,12H2,(H2,20,25). The number of hydrogen-bond acceptors (Lipinski definition) is 3. The normalized spacial score (nSPS) is 22.0. The fourth-order valence-electron chi connectivity index (χ4n) is 4.29. The van der Waals surface area contributed by atoms with Crippen molar-refractivity contribution in [1.29, 1.82) is 0 Å². The second-order valence-electron chi connectivity index (χ2n) is 7.09. The van der Waals surface area contributed by atoms with E-state index in [1.807, 2.05) is 24.4 Å². The van der Waals surface area contributed by atoms with Crippen LogP contribution in [0.4, 0.5) is 4.79 Å². The summed E-state index contributed by atoms with van der Waals surface area (Å²) in [7, 11) is 0. The molecule has 2 aliphatic rings. The lowest BCUT2D eigenvalue weighted by atomic mass is 9.82.